The van der Waals surface area contributed by atoms with E-state index >= 15 is 0 Å². The number of nitrogens with one attached hydrogen (secondary N) is 1. The molecule has 1 rings (SSSR count). The monoisotopic (exact) mass is 224 g/mol. The fourth-order valence-corrected chi connectivity index (χ4v) is 1.25. The van der Waals surface area contributed by atoms with Crippen LogP contribution in [0.3, 0.4) is 0 Å². The molecule has 5 nitrogen and oxygen atoms in total. The van der Waals surface area contributed by atoms with Gasteiger partial charge in [0.1, 0.15) is 5.56 Å². The number of aromatic nitrogens is 1. The number of carboxylic acid groups (broad SMARTS) is 1. The van der Waals surface area contributed by atoms with Gasteiger partial charge in [-0.15, -0.1) is 0 Å². The van der Waals surface area contributed by atoms with Crippen molar-refractivity contribution in [3.8, 4) is 0 Å². The first-order valence-electron chi connectivity index (χ1n) is 5.16. The Bertz CT molecular complexity index is 379. The Morgan fingerprint density at radius 1 is 1.62 bits per heavy atom. The van der Waals surface area contributed by atoms with Crippen LogP contribution >= 0.6 is 0 Å². The van der Waals surface area contributed by atoms with Crippen molar-refractivity contribution in [1.82, 2.24) is 4.98 Å². The van der Waals surface area contributed by atoms with Gasteiger partial charge in [-0.05, 0) is 19.4 Å². The van der Waals surface area contributed by atoms with Crippen molar-refractivity contribution >= 4 is 11.7 Å². The first-order chi connectivity index (χ1) is 7.54. The van der Waals surface area contributed by atoms with Crippen molar-refractivity contribution in [2.45, 2.75) is 26.4 Å². The van der Waals surface area contributed by atoms with Crippen LogP contribution in [-0.4, -0.2) is 33.8 Å². The van der Waals surface area contributed by atoms with Crippen LogP contribution in [0.25, 0.3) is 0 Å². The molecule has 16 heavy (non-hydrogen) atoms. The number of carboxylic acids is 1. The Labute approximate surface area is 94.1 Å². The summed E-state index contributed by atoms with van der Waals surface area (Å²) in [5, 5.41) is 21.2. The van der Waals surface area contributed by atoms with Crippen molar-refractivity contribution in [3.63, 3.8) is 0 Å². The molecule has 0 radical (unpaired) electrons. The highest BCUT2D eigenvalue weighted by Gasteiger charge is 2.11. The highest BCUT2D eigenvalue weighted by molar-refractivity contribution is 5.93. The molecule has 1 aromatic heterocycles. The maximum absolute atomic E-state index is 10.9. The third-order valence-corrected chi connectivity index (χ3v) is 2.27. The zero-order chi connectivity index (χ0) is 12.1. The summed E-state index contributed by atoms with van der Waals surface area (Å²) < 4.78 is 0. The number of nitrogens with zero attached hydrogens (tertiary/aromatic N) is 1. The maximum atomic E-state index is 10.9. The average Bonchev–Trinajstić information content (AvgIpc) is 2.25. The van der Waals surface area contributed by atoms with Gasteiger partial charge in [-0.2, -0.15) is 0 Å². The molecule has 0 aliphatic carbocycles. The molecule has 3 N–H and O–H groups in total. The van der Waals surface area contributed by atoms with E-state index in [9.17, 15) is 9.90 Å². The summed E-state index contributed by atoms with van der Waals surface area (Å²) in [7, 11) is 0. The Balaban J connectivity index is 2.84. The number of aliphatic hydroxyl groups excluding tert-OH is 1. The molecule has 0 fully saturated rings. The van der Waals surface area contributed by atoms with Gasteiger partial charge in [0.25, 0.3) is 0 Å². The standard InChI is InChI=1S/C11H16N2O3/c1-3-8(14)5-13-10-4-7(2)12-6-9(10)11(15)16/h4,6,8,14H,3,5H2,1-2H3,(H,12,13)(H,15,16). The maximum Gasteiger partial charge on any atom is 0.339 e. The zero-order valence-electron chi connectivity index (χ0n) is 9.40. The van der Waals surface area contributed by atoms with Crippen LogP contribution in [-0.2, 0) is 0 Å². The van der Waals surface area contributed by atoms with E-state index in [2.05, 4.69) is 10.3 Å². The van der Waals surface area contributed by atoms with Crippen LogP contribution in [0.1, 0.15) is 29.4 Å². The first-order valence-corrected chi connectivity index (χ1v) is 5.16. The van der Waals surface area contributed by atoms with E-state index in [4.69, 9.17) is 5.11 Å². The molecule has 0 saturated heterocycles. The van der Waals surface area contributed by atoms with E-state index in [1.165, 1.54) is 6.20 Å². The lowest BCUT2D eigenvalue weighted by molar-refractivity contribution is 0.0697. The fourth-order valence-electron chi connectivity index (χ4n) is 1.25. The number of pyridine rings is 1. The number of hydrogen-bond acceptors (Lipinski definition) is 4. The van der Waals surface area contributed by atoms with E-state index in [0.717, 1.165) is 5.69 Å². The summed E-state index contributed by atoms with van der Waals surface area (Å²) in [6.45, 7) is 3.98. The molecule has 0 bridgehead atoms. The van der Waals surface area contributed by atoms with Crippen molar-refractivity contribution in [2.75, 3.05) is 11.9 Å². The molecule has 0 aromatic carbocycles. The van der Waals surface area contributed by atoms with Gasteiger partial charge in [0.05, 0.1) is 11.8 Å². The lowest BCUT2D eigenvalue weighted by Gasteiger charge is -2.12. The predicted molar refractivity (Wildman–Crippen MR) is 60.7 cm³/mol. The number of aliphatic hydroxyl groups is 1. The van der Waals surface area contributed by atoms with E-state index in [1.807, 2.05) is 6.92 Å². The SMILES string of the molecule is CCC(O)CNc1cc(C)ncc1C(=O)O. The molecule has 1 aromatic rings. The highest BCUT2D eigenvalue weighted by atomic mass is 16.4. The Morgan fingerprint density at radius 2 is 2.31 bits per heavy atom. The van der Waals surface area contributed by atoms with Crippen molar-refractivity contribution in [2.24, 2.45) is 0 Å². The average molecular weight is 224 g/mol. The van der Waals surface area contributed by atoms with Gasteiger partial charge in [0, 0.05) is 18.4 Å². The lowest BCUT2D eigenvalue weighted by Crippen LogP contribution is -2.19. The van der Waals surface area contributed by atoms with Crippen LogP contribution in [0.5, 0.6) is 0 Å². The molecular weight excluding hydrogens is 208 g/mol. The zero-order valence-corrected chi connectivity index (χ0v) is 9.40. The van der Waals surface area contributed by atoms with Crippen molar-refractivity contribution in [3.05, 3.63) is 23.5 Å². The van der Waals surface area contributed by atoms with Gasteiger partial charge in [-0.3, -0.25) is 4.98 Å². The molecule has 1 heterocycles. The number of carbonyl (C=O) groups is 1. The molecule has 0 aliphatic rings. The normalized spacial score (nSPS) is 12.2. The van der Waals surface area contributed by atoms with Crippen LogP contribution in [0.15, 0.2) is 12.3 Å². The van der Waals surface area contributed by atoms with Crippen molar-refractivity contribution in [1.29, 1.82) is 0 Å². The topological polar surface area (TPSA) is 82.5 Å². The molecule has 0 aliphatic heterocycles. The largest absolute Gasteiger partial charge is 0.478 e. The molecule has 88 valence electrons. The van der Waals surface area contributed by atoms with E-state index in [0.29, 0.717) is 18.7 Å². The van der Waals surface area contributed by atoms with Gasteiger partial charge >= 0.3 is 5.97 Å². The minimum atomic E-state index is -1.03. The Kier molecular flexibility index (Phi) is 4.25. The number of aryl methyl sites for hydroxylation is 1. The van der Waals surface area contributed by atoms with Gasteiger partial charge in [0.2, 0.25) is 0 Å². The Morgan fingerprint density at radius 3 is 2.88 bits per heavy atom. The molecule has 0 saturated carbocycles. The summed E-state index contributed by atoms with van der Waals surface area (Å²) in [5.41, 5.74) is 1.35. The van der Waals surface area contributed by atoms with E-state index in [-0.39, 0.29) is 5.56 Å². The minimum Gasteiger partial charge on any atom is -0.478 e. The third-order valence-electron chi connectivity index (χ3n) is 2.27. The van der Waals surface area contributed by atoms with Crippen LogP contribution in [0, 0.1) is 6.92 Å². The van der Waals surface area contributed by atoms with Crippen LogP contribution in [0.4, 0.5) is 5.69 Å². The molecule has 5 heteroatoms. The molecule has 0 spiro atoms. The summed E-state index contributed by atoms with van der Waals surface area (Å²) in [4.78, 5) is 14.8. The van der Waals surface area contributed by atoms with Crippen molar-refractivity contribution < 1.29 is 15.0 Å². The number of aromatic carboxylic acids is 1. The second-order valence-electron chi connectivity index (χ2n) is 3.62. The van der Waals surface area contributed by atoms with Crippen LogP contribution < -0.4 is 5.32 Å². The number of rotatable bonds is 5. The first kappa shape index (κ1) is 12.4. The summed E-state index contributed by atoms with van der Waals surface area (Å²) in [6.07, 6.45) is 1.47. The van der Waals surface area contributed by atoms with Crippen LogP contribution in [0.2, 0.25) is 0 Å². The van der Waals surface area contributed by atoms with Gasteiger partial charge in [-0.1, -0.05) is 6.92 Å². The fraction of sp³-hybridized carbons (Fsp3) is 0.455. The third kappa shape index (κ3) is 3.20. The predicted octanol–water partition coefficient (Wildman–Crippen LogP) is 1.27. The minimum absolute atomic E-state index is 0.119. The molecule has 0 amide bonds. The van der Waals surface area contributed by atoms with E-state index in [1.54, 1.807) is 13.0 Å². The Hall–Kier alpha value is -1.62. The second kappa shape index (κ2) is 5.46. The van der Waals surface area contributed by atoms with Gasteiger partial charge in [-0.25, -0.2) is 4.79 Å². The molecule has 1 atom stereocenters. The van der Waals surface area contributed by atoms with Gasteiger partial charge < -0.3 is 15.5 Å². The second-order valence-corrected chi connectivity index (χ2v) is 3.62. The number of anilines is 1. The number of hydrogen-bond donors (Lipinski definition) is 3. The van der Waals surface area contributed by atoms with E-state index < -0.39 is 12.1 Å². The molecule has 1 unspecified atom stereocenters. The quantitative estimate of drug-likeness (QED) is 0.701. The lowest BCUT2D eigenvalue weighted by atomic mass is 10.2. The summed E-state index contributed by atoms with van der Waals surface area (Å²) >= 11 is 0. The highest BCUT2D eigenvalue weighted by Crippen LogP contribution is 2.15. The summed E-state index contributed by atoms with van der Waals surface area (Å²) in [6, 6.07) is 1.66. The molecular formula is C11H16N2O3. The smallest absolute Gasteiger partial charge is 0.339 e. The van der Waals surface area contributed by atoms with Gasteiger partial charge in [0.15, 0.2) is 0 Å². The summed E-state index contributed by atoms with van der Waals surface area (Å²) in [5.74, 6) is -1.03.